The summed E-state index contributed by atoms with van der Waals surface area (Å²) in [7, 11) is -3.26. The Morgan fingerprint density at radius 3 is 2.73 bits per heavy atom. The van der Waals surface area contributed by atoms with Crippen molar-refractivity contribution in [3.63, 3.8) is 0 Å². The number of hydrogen-bond acceptors (Lipinski definition) is 8. The number of phenolic OH excluding ortho intramolecular Hbond substituents is 1. The van der Waals surface area contributed by atoms with E-state index in [1.54, 1.807) is 11.9 Å². The maximum atomic E-state index is 10.7. The zero-order valence-electron chi connectivity index (χ0n) is 11.8. The number of hydrogen-bond donors (Lipinski definition) is 2. The molecule has 0 bridgehead atoms. The second kappa shape index (κ2) is 6.89. The van der Waals surface area contributed by atoms with Crippen molar-refractivity contribution in [1.82, 2.24) is 0 Å². The van der Waals surface area contributed by atoms with E-state index in [0.717, 1.165) is 0 Å². The van der Waals surface area contributed by atoms with E-state index in [1.807, 2.05) is 0 Å². The number of fused-ring (bicyclic) bond motifs is 1. The quantitative estimate of drug-likeness (QED) is 0.267. The second-order valence-corrected chi connectivity index (χ2v) is 5.32. The van der Waals surface area contributed by atoms with Crippen LogP contribution in [0.15, 0.2) is 22.4 Å². The zero-order valence-corrected chi connectivity index (χ0v) is 14.6. The summed E-state index contributed by atoms with van der Waals surface area (Å²) in [6.45, 7) is 0.104. The molecule has 1 aromatic carbocycles. The van der Waals surface area contributed by atoms with E-state index in [-0.39, 0.29) is 47.5 Å². The summed E-state index contributed by atoms with van der Waals surface area (Å²) >= 11 is 0. The maximum Gasteiger partial charge on any atom is 1.00 e. The number of primary amides is 1. The third-order valence-electron chi connectivity index (χ3n) is 2.81. The molecule has 1 aliphatic rings. The Hall–Kier alpha value is -1.24. The number of anilines is 1. The Morgan fingerprint density at radius 2 is 2.18 bits per heavy atom. The fraction of sp³-hybridized carbons (Fsp3) is 0.300. The van der Waals surface area contributed by atoms with Crippen LogP contribution in [0.5, 0.6) is 5.75 Å². The molecule has 0 saturated heterocycles. The summed E-state index contributed by atoms with van der Waals surface area (Å²) in [4.78, 5) is 12.1. The van der Waals surface area contributed by atoms with Crippen molar-refractivity contribution in [2.24, 2.45) is 16.0 Å². The van der Waals surface area contributed by atoms with Crippen LogP contribution in [0.1, 0.15) is 11.7 Å². The van der Waals surface area contributed by atoms with E-state index >= 15 is 0 Å². The number of carbonyl (C=O) groups is 1. The number of likely N-dealkylation sites (N-methyl/N-ethyl adjacent to an activating group) is 1. The van der Waals surface area contributed by atoms with Crippen molar-refractivity contribution in [3.8, 4) is 5.75 Å². The minimum absolute atomic E-state index is 0. The molecule has 2 rings (SSSR count). The van der Waals surface area contributed by atoms with Gasteiger partial charge in [-0.3, -0.25) is 4.18 Å². The van der Waals surface area contributed by atoms with Gasteiger partial charge in [-0.1, -0.05) is 5.11 Å². The smallest absolute Gasteiger partial charge is 0.726 e. The summed E-state index contributed by atoms with van der Waals surface area (Å²) < 4.78 is 36.6. The first-order valence-corrected chi connectivity index (χ1v) is 6.94. The SMILES string of the molecule is CN1CC(OS(=O)(=O)[O-])c2cc(N=NC(N)=O)c(O)cc21.[Na+]. The Labute approximate surface area is 148 Å². The molecule has 1 atom stereocenters. The minimum Gasteiger partial charge on any atom is -0.726 e. The number of urea groups is 1. The van der Waals surface area contributed by atoms with Gasteiger partial charge in [0.15, 0.2) is 0 Å². The van der Waals surface area contributed by atoms with Crippen molar-refractivity contribution in [1.29, 1.82) is 0 Å². The molecule has 12 heteroatoms. The van der Waals surface area contributed by atoms with E-state index in [2.05, 4.69) is 14.4 Å². The van der Waals surface area contributed by atoms with Gasteiger partial charge >= 0.3 is 35.6 Å². The largest absolute Gasteiger partial charge is 1.00 e. The van der Waals surface area contributed by atoms with Gasteiger partial charge in [-0.25, -0.2) is 13.2 Å². The van der Waals surface area contributed by atoms with Crippen LogP contribution < -0.4 is 40.2 Å². The van der Waals surface area contributed by atoms with Gasteiger partial charge < -0.3 is 20.3 Å². The topological polar surface area (TPSA) is 158 Å². The number of nitrogens with zero attached hydrogens (tertiary/aromatic N) is 3. The molecule has 1 aromatic rings. The average Bonchev–Trinajstić information content (AvgIpc) is 2.60. The third kappa shape index (κ3) is 4.38. The molecule has 1 unspecified atom stereocenters. The van der Waals surface area contributed by atoms with Crippen LogP contribution in [0.4, 0.5) is 16.2 Å². The summed E-state index contributed by atoms with van der Waals surface area (Å²) in [5.41, 5.74) is 5.50. The van der Waals surface area contributed by atoms with Crippen molar-refractivity contribution >= 4 is 27.8 Å². The number of carbonyl (C=O) groups excluding carboxylic acids is 1. The van der Waals surface area contributed by atoms with Crippen molar-refractivity contribution in [2.75, 3.05) is 18.5 Å². The van der Waals surface area contributed by atoms with Gasteiger partial charge in [0, 0.05) is 30.9 Å². The van der Waals surface area contributed by atoms with E-state index in [4.69, 9.17) is 5.73 Å². The van der Waals surface area contributed by atoms with Crippen LogP contribution in [-0.4, -0.2) is 37.7 Å². The molecule has 0 radical (unpaired) electrons. The van der Waals surface area contributed by atoms with Crippen LogP contribution in [-0.2, 0) is 14.6 Å². The summed E-state index contributed by atoms with van der Waals surface area (Å²) in [5, 5.41) is 16.3. The average molecular weight is 338 g/mol. The van der Waals surface area contributed by atoms with Gasteiger partial charge in [0.2, 0.25) is 10.4 Å². The fourth-order valence-corrected chi connectivity index (χ4v) is 2.47. The molecule has 0 fully saturated rings. The first kappa shape index (κ1) is 18.8. The van der Waals surface area contributed by atoms with Gasteiger partial charge in [-0.15, -0.1) is 5.11 Å². The normalized spacial score (nSPS) is 17.4. The molecule has 0 spiro atoms. The third-order valence-corrected chi connectivity index (χ3v) is 3.28. The molecular weight excluding hydrogens is 327 g/mol. The van der Waals surface area contributed by atoms with Crippen molar-refractivity contribution < 1.29 is 56.6 Å². The molecule has 10 nitrogen and oxygen atoms in total. The van der Waals surface area contributed by atoms with Crippen LogP contribution >= 0.6 is 0 Å². The standard InChI is InChI=1S/C10H12N4O6S.Na/c1-14-4-9(20-21(17,18)19)5-2-6(12-13-10(11)16)8(15)3-7(5)14;/h2-3,9,15H,4H2,1H3,(H2,11,16)(H,17,18,19);/q;+1/p-1. The molecule has 1 aliphatic heterocycles. The first-order valence-electron chi connectivity index (χ1n) is 5.60. The Kier molecular flexibility index (Phi) is 5.89. The number of azo groups is 1. The summed E-state index contributed by atoms with van der Waals surface area (Å²) in [5.74, 6) is -0.281. The number of phenols is 1. The molecule has 22 heavy (non-hydrogen) atoms. The van der Waals surface area contributed by atoms with Crippen molar-refractivity contribution in [2.45, 2.75) is 6.10 Å². The van der Waals surface area contributed by atoms with Crippen LogP contribution in [0.25, 0.3) is 0 Å². The Bertz CT molecular complexity index is 722. The molecule has 1 heterocycles. The predicted molar refractivity (Wildman–Crippen MR) is 69.0 cm³/mol. The molecule has 0 saturated carbocycles. The van der Waals surface area contributed by atoms with Crippen LogP contribution in [0, 0.1) is 0 Å². The van der Waals surface area contributed by atoms with Gasteiger partial charge in [0.1, 0.15) is 17.5 Å². The molecule has 2 amide bonds. The molecule has 0 aliphatic carbocycles. The van der Waals surface area contributed by atoms with Gasteiger partial charge in [-0.2, -0.15) is 0 Å². The number of nitrogens with two attached hydrogens (primary N) is 1. The fourth-order valence-electron chi connectivity index (χ4n) is 2.02. The maximum absolute atomic E-state index is 10.7. The number of amides is 2. The van der Waals surface area contributed by atoms with Crippen molar-refractivity contribution in [3.05, 3.63) is 17.7 Å². The second-order valence-electron chi connectivity index (χ2n) is 4.31. The molecule has 3 N–H and O–H groups in total. The minimum atomic E-state index is -4.89. The first-order chi connectivity index (χ1) is 9.67. The number of rotatable bonds is 3. The van der Waals surface area contributed by atoms with Crippen LogP contribution in [0.3, 0.4) is 0 Å². The Balaban J connectivity index is 0.00000242. The van der Waals surface area contributed by atoms with E-state index in [0.29, 0.717) is 11.3 Å². The van der Waals surface area contributed by atoms with Crippen LogP contribution in [0.2, 0.25) is 0 Å². The summed E-state index contributed by atoms with van der Waals surface area (Å²) in [6, 6.07) is 1.52. The van der Waals surface area contributed by atoms with E-state index in [9.17, 15) is 22.9 Å². The molecular formula is C10H11N4NaO6S. The zero-order chi connectivity index (χ0) is 15.8. The Morgan fingerprint density at radius 1 is 1.55 bits per heavy atom. The molecule has 0 aromatic heterocycles. The van der Waals surface area contributed by atoms with Gasteiger partial charge in [0.05, 0.1) is 0 Å². The number of benzene rings is 1. The monoisotopic (exact) mass is 338 g/mol. The predicted octanol–water partition coefficient (Wildman–Crippen LogP) is -2.47. The van der Waals surface area contributed by atoms with Gasteiger partial charge in [-0.05, 0) is 6.07 Å². The van der Waals surface area contributed by atoms with E-state index < -0.39 is 22.5 Å². The van der Waals surface area contributed by atoms with E-state index in [1.165, 1.54) is 12.1 Å². The number of aromatic hydroxyl groups is 1. The molecule has 114 valence electrons. The summed E-state index contributed by atoms with van der Waals surface area (Å²) in [6.07, 6.45) is -1.03. The van der Waals surface area contributed by atoms with Gasteiger partial charge in [0.25, 0.3) is 0 Å².